The number of nitrogens with zero attached hydrogens (tertiary/aromatic N) is 1. The van der Waals surface area contributed by atoms with Crippen LogP contribution in [0.4, 0.5) is 0 Å². The molecule has 0 radical (unpaired) electrons. The van der Waals surface area contributed by atoms with E-state index in [-0.39, 0.29) is 0 Å². The Morgan fingerprint density at radius 1 is 1.29 bits per heavy atom. The van der Waals surface area contributed by atoms with Gasteiger partial charge in [0.05, 0.1) is 6.04 Å². The fraction of sp³-hybridized carbons (Fsp3) is 0.389. The van der Waals surface area contributed by atoms with Crippen molar-refractivity contribution in [3.8, 4) is 0 Å². The van der Waals surface area contributed by atoms with E-state index in [0.29, 0.717) is 24.0 Å². The SMILES string of the molecule is CCC(C)NC(N)=N[C@@H]1C[C@H]1c1cccc2ccccc12. The van der Waals surface area contributed by atoms with E-state index in [1.807, 2.05) is 0 Å². The van der Waals surface area contributed by atoms with Crippen LogP contribution < -0.4 is 11.1 Å². The van der Waals surface area contributed by atoms with E-state index in [4.69, 9.17) is 5.73 Å². The van der Waals surface area contributed by atoms with Crippen LogP contribution >= 0.6 is 0 Å². The summed E-state index contributed by atoms with van der Waals surface area (Å²) >= 11 is 0. The molecule has 3 atom stereocenters. The second kappa shape index (κ2) is 5.76. The largest absolute Gasteiger partial charge is 0.370 e. The molecule has 3 heteroatoms. The molecule has 0 bridgehead atoms. The number of nitrogens with one attached hydrogen (secondary N) is 1. The summed E-state index contributed by atoms with van der Waals surface area (Å²) in [5.74, 6) is 1.09. The molecule has 2 aromatic carbocycles. The first-order chi connectivity index (χ1) is 10.2. The highest BCUT2D eigenvalue weighted by Crippen LogP contribution is 2.45. The summed E-state index contributed by atoms with van der Waals surface area (Å²) in [5, 5.41) is 5.88. The minimum Gasteiger partial charge on any atom is -0.370 e. The van der Waals surface area contributed by atoms with Gasteiger partial charge in [-0.15, -0.1) is 0 Å². The van der Waals surface area contributed by atoms with Gasteiger partial charge in [-0.3, -0.25) is 0 Å². The van der Waals surface area contributed by atoms with Gasteiger partial charge in [0, 0.05) is 12.0 Å². The molecule has 1 fully saturated rings. The molecule has 1 saturated carbocycles. The van der Waals surface area contributed by atoms with Crippen molar-refractivity contribution in [2.45, 2.75) is 44.7 Å². The first-order valence-corrected chi connectivity index (χ1v) is 7.76. The molecule has 1 unspecified atom stereocenters. The summed E-state index contributed by atoms with van der Waals surface area (Å²) in [6, 6.07) is 15.8. The molecule has 2 aromatic rings. The van der Waals surface area contributed by atoms with Crippen LogP contribution in [0.15, 0.2) is 47.5 Å². The van der Waals surface area contributed by atoms with Crippen molar-refractivity contribution in [1.29, 1.82) is 0 Å². The van der Waals surface area contributed by atoms with Gasteiger partial charge in [-0.25, -0.2) is 4.99 Å². The van der Waals surface area contributed by atoms with Crippen molar-refractivity contribution in [2.75, 3.05) is 0 Å². The van der Waals surface area contributed by atoms with Gasteiger partial charge in [-0.05, 0) is 36.1 Å². The molecule has 0 spiro atoms. The second-order valence-electron chi connectivity index (χ2n) is 5.95. The lowest BCUT2D eigenvalue weighted by molar-refractivity contribution is 0.636. The van der Waals surface area contributed by atoms with Crippen LogP contribution in [0.25, 0.3) is 10.8 Å². The molecule has 0 aromatic heterocycles. The van der Waals surface area contributed by atoms with Crippen molar-refractivity contribution >= 4 is 16.7 Å². The van der Waals surface area contributed by atoms with Crippen LogP contribution in [0.1, 0.15) is 38.2 Å². The van der Waals surface area contributed by atoms with Gasteiger partial charge in [-0.1, -0.05) is 49.4 Å². The Morgan fingerprint density at radius 3 is 2.86 bits per heavy atom. The van der Waals surface area contributed by atoms with Crippen molar-refractivity contribution < 1.29 is 0 Å². The molecule has 1 aliphatic rings. The van der Waals surface area contributed by atoms with Crippen LogP contribution in [-0.4, -0.2) is 18.0 Å². The van der Waals surface area contributed by atoms with E-state index in [0.717, 1.165) is 12.8 Å². The minimum absolute atomic E-state index is 0.326. The quantitative estimate of drug-likeness (QED) is 0.666. The van der Waals surface area contributed by atoms with Crippen LogP contribution in [0, 0.1) is 0 Å². The highest BCUT2D eigenvalue weighted by Gasteiger charge is 2.39. The number of fused-ring (bicyclic) bond motifs is 1. The monoisotopic (exact) mass is 281 g/mol. The van der Waals surface area contributed by atoms with E-state index in [9.17, 15) is 0 Å². The zero-order valence-corrected chi connectivity index (χ0v) is 12.7. The second-order valence-corrected chi connectivity index (χ2v) is 5.95. The molecular formula is C18H23N3. The molecular weight excluding hydrogens is 258 g/mol. The summed E-state index contributed by atoms with van der Waals surface area (Å²) in [4.78, 5) is 4.62. The smallest absolute Gasteiger partial charge is 0.189 e. The molecule has 3 N–H and O–H groups in total. The Hall–Kier alpha value is -2.03. The molecule has 21 heavy (non-hydrogen) atoms. The molecule has 110 valence electrons. The summed E-state index contributed by atoms with van der Waals surface area (Å²) in [6.45, 7) is 4.26. The Balaban J connectivity index is 1.76. The number of aliphatic imine (C=N–C) groups is 1. The van der Waals surface area contributed by atoms with E-state index in [1.165, 1.54) is 16.3 Å². The van der Waals surface area contributed by atoms with Gasteiger partial charge >= 0.3 is 0 Å². The highest BCUT2D eigenvalue weighted by molar-refractivity contribution is 5.87. The average Bonchev–Trinajstić information content (AvgIpc) is 3.25. The maximum absolute atomic E-state index is 5.98. The molecule has 0 amide bonds. The standard InChI is InChI=1S/C18H23N3/c1-3-12(2)20-18(19)21-17-11-16(17)15-10-6-8-13-7-4-5-9-14(13)15/h4-10,12,16-17H,3,11H2,1-2H3,(H3,19,20,21)/t12?,16-,17+/m0/s1. The van der Waals surface area contributed by atoms with Gasteiger partial charge < -0.3 is 11.1 Å². The average molecular weight is 281 g/mol. The number of hydrogen-bond acceptors (Lipinski definition) is 1. The lowest BCUT2D eigenvalue weighted by Crippen LogP contribution is -2.38. The Labute approximate surface area is 126 Å². The summed E-state index contributed by atoms with van der Waals surface area (Å²) in [5.41, 5.74) is 7.38. The Bertz CT molecular complexity index is 657. The van der Waals surface area contributed by atoms with E-state index >= 15 is 0 Å². The predicted molar refractivity (Wildman–Crippen MR) is 89.6 cm³/mol. The fourth-order valence-electron chi connectivity index (χ4n) is 2.80. The number of guanidine groups is 1. The topological polar surface area (TPSA) is 50.4 Å². The predicted octanol–water partition coefficient (Wildman–Crippen LogP) is 3.40. The number of benzene rings is 2. The number of hydrogen-bond donors (Lipinski definition) is 2. The molecule has 1 aliphatic carbocycles. The lowest BCUT2D eigenvalue weighted by atomic mass is 10.0. The first-order valence-electron chi connectivity index (χ1n) is 7.76. The summed E-state index contributed by atoms with van der Waals surface area (Å²) in [7, 11) is 0. The van der Waals surface area contributed by atoms with Crippen molar-refractivity contribution in [3.63, 3.8) is 0 Å². The van der Waals surface area contributed by atoms with Gasteiger partial charge in [0.2, 0.25) is 0 Å². The third-order valence-corrected chi connectivity index (χ3v) is 4.29. The minimum atomic E-state index is 0.326. The van der Waals surface area contributed by atoms with Crippen LogP contribution in [0.5, 0.6) is 0 Å². The van der Waals surface area contributed by atoms with Crippen molar-refractivity contribution in [2.24, 2.45) is 10.7 Å². The number of nitrogens with two attached hydrogens (primary N) is 1. The Kier molecular flexibility index (Phi) is 3.82. The molecule has 3 nitrogen and oxygen atoms in total. The summed E-state index contributed by atoms with van der Waals surface area (Å²) < 4.78 is 0. The van der Waals surface area contributed by atoms with E-state index < -0.39 is 0 Å². The van der Waals surface area contributed by atoms with Gasteiger partial charge in [0.25, 0.3) is 0 Å². The molecule has 0 aliphatic heterocycles. The fourth-order valence-corrected chi connectivity index (χ4v) is 2.80. The third-order valence-electron chi connectivity index (χ3n) is 4.29. The normalized spacial score (nSPS) is 23.0. The Morgan fingerprint density at radius 2 is 2.05 bits per heavy atom. The highest BCUT2D eigenvalue weighted by atomic mass is 15.1. The van der Waals surface area contributed by atoms with Crippen LogP contribution in [-0.2, 0) is 0 Å². The molecule has 3 rings (SSSR count). The molecule has 0 saturated heterocycles. The zero-order valence-electron chi connectivity index (χ0n) is 12.7. The maximum atomic E-state index is 5.98. The third kappa shape index (κ3) is 3.02. The number of rotatable bonds is 4. The van der Waals surface area contributed by atoms with E-state index in [1.54, 1.807) is 0 Å². The van der Waals surface area contributed by atoms with Crippen molar-refractivity contribution in [1.82, 2.24) is 5.32 Å². The summed E-state index contributed by atoms with van der Waals surface area (Å²) in [6.07, 6.45) is 2.14. The van der Waals surface area contributed by atoms with Crippen molar-refractivity contribution in [3.05, 3.63) is 48.0 Å². The van der Waals surface area contributed by atoms with E-state index in [2.05, 4.69) is 66.6 Å². The lowest BCUT2D eigenvalue weighted by Gasteiger charge is -2.11. The van der Waals surface area contributed by atoms with Gasteiger partial charge in [0.15, 0.2) is 5.96 Å². The zero-order chi connectivity index (χ0) is 14.8. The van der Waals surface area contributed by atoms with Crippen LogP contribution in [0.3, 0.4) is 0 Å². The molecule has 0 heterocycles. The maximum Gasteiger partial charge on any atom is 0.189 e. The van der Waals surface area contributed by atoms with Gasteiger partial charge in [0.1, 0.15) is 0 Å². The van der Waals surface area contributed by atoms with Crippen LogP contribution in [0.2, 0.25) is 0 Å². The van der Waals surface area contributed by atoms with Gasteiger partial charge in [-0.2, -0.15) is 0 Å². The first kappa shape index (κ1) is 13.9.